The van der Waals surface area contributed by atoms with Crippen LogP contribution in [0.4, 0.5) is 0 Å². The highest BCUT2D eigenvalue weighted by molar-refractivity contribution is 9.10. The molecule has 0 saturated heterocycles. The molecule has 2 nitrogen and oxygen atoms in total. The third-order valence-corrected chi connectivity index (χ3v) is 4.70. The van der Waals surface area contributed by atoms with Crippen LogP contribution in [0.5, 0.6) is 0 Å². The molecule has 2 N–H and O–H groups in total. The van der Waals surface area contributed by atoms with Gasteiger partial charge in [0, 0.05) is 34.5 Å². The fourth-order valence-electron chi connectivity index (χ4n) is 1.46. The van der Waals surface area contributed by atoms with Crippen LogP contribution in [-0.2, 0) is 6.54 Å². The highest BCUT2D eigenvalue weighted by Crippen LogP contribution is 2.44. The summed E-state index contributed by atoms with van der Waals surface area (Å²) < 4.78 is 1.18. The van der Waals surface area contributed by atoms with E-state index >= 15 is 0 Å². The normalized spacial score (nSPS) is 18.4. The number of nitrogens with one attached hydrogen (secondary N) is 1. The van der Waals surface area contributed by atoms with Crippen LogP contribution in [0.15, 0.2) is 15.9 Å². The quantitative estimate of drug-likeness (QED) is 0.865. The van der Waals surface area contributed by atoms with Crippen molar-refractivity contribution in [1.29, 1.82) is 0 Å². The van der Waals surface area contributed by atoms with Gasteiger partial charge in [-0.25, -0.2) is 0 Å². The molecular formula is C10H14BrNOS. The van der Waals surface area contributed by atoms with E-state index in [-0.39, 0.29) is 5.41 Å². The second-order valence-electron chi connectivity index (χ2n) is 3.95. The Morgan fingerprint density at radius 3 is 2.86 bits per heavy atom. The number of hydrogen-bond donors (Lipinski definition) is 2. The Morgan fingerprint density at radius 2 is 2.36 bits per heavy atom. The van der Waals surface area contributed by atoms with E-state index in [4.69, 9.17) is 5.11 Å². The summed E-state index contributed by atoms with van der Waals surface area (Å²) >= 11 is 5.26. The van der Waals surface area contributed by atoms with Gasteiger partial charge in [-0.05, 0) is 40.2 Å². The van der Waals surface area contributed by atoms with Crippen LogP contribution in [0.3, 0.4) is 0 Å². The molecule has 0 amide bonds. The summed E-state index contributed by atoms with van der Waals surface area (Å²) in [6.07, 6.45) is 2.34. The minimum absolute atomic E-state index is 0.212. The Morgan fingerprint density at radius 1 is 1.57 bits per heavy atom. The molecule has 0 aliphatic heterocycles. The largest absolute Gasteiger partial charge is 0.396 e. The molecule has 0 atom stereocenters. The Kier molecular flexibility index (Phi) is 3.27. The van der Waals surface area contributed by atoms with Crippen molar-refractivity contribution in [2.45, 2.75) is 19.4 Å². The first-order chi connectivity index (χ1) is 6.76. The van der Waals surface area contributed by atoms with Crippen molar-refractivity contribution < 1.29 is 5.11 Å². The Hall–Kier alpha value is 0.100. The highest BCUT2D eigenvalue weighted by Gasteiger charge is 2.41. The molecule has 4 heteroatoms. The molecule has 14 heavy (non-hydrogen) atoms. The maximum atomic E-state index is 9.12. The summed E-state index contributed by atoms with van der Waals surface area (Å²) in [5, 5.41) is 14.6. The van der Waals surface area contributed by atoms with Crippen molar-refractivity contribution >= 4 is 27.3 Å². The van der Waals surface area contributed by atoms with Crippen LogP contribution in [-0.4, -0.2) is 18.3 Å². The average molecular weight is 276 g/mol. The molecule has 0 spiro atoms. The van der Waals surface area contributed by atoms with E-state index in [0.29, 0.717) is 6.61 Å². The minimum Gasteiger partial charge on any atom is -0.396 e. The van der Waals surface area contributed by atoms with Crippen molar-refractivity contribution in [2.24, 2.45) is 5.41 Å². The molecule has 0 bridgehead atoms. The lowest BCUT2D eigenvalue weighted by molar-refractivity contribution is 0.207. The molecule has 1 fully saturated rings. The third kappa shape index (κ3) is 2.37. The SMILES string of the molecule is OCC1(CNCc2sccc2Br)CC1. The van der Waals surface area contributed by atoms with Crippen molar-refractivity contribution in [3.8, 4) is 0 Å². The summed E-state index contributed by atoms with van der Waals surface area (Å²) in [6.45, 7) is 2.17. The molecule has 1 heterocycles. The van der Waals surface area contributed by atoms with E-state index < -0.39 is 0 Å². The second-order valence-corrected chi connectivity index (χ2v) is 5.81. The molecule has 1 aromatic heterocycles. The number of halogens is 1. The molecule has 1 aromatic rings. The molecule has 1 saturated carbocycles. The number of aliphatic hydroxyl groups is 1. The summed E-state index contributed by atoms with van der Waals surface area (Å²) in [4.78, 5) is 1.33. The van der Waals surface area contributed by atoms with Gasteiger partial charge in [0.15, 0.2) is 0 Å². The first kappa shape index (κ1) is 10.6. The highest BCUT2D eigenvalue weighted by atomic mass is 79.9. The van der Waals surface area contributed by atoms with Gasteiger partial charge in [-0.1, -0.05) is 0 Å². The van der Waals surface area contributed by atoms with Gasteiger partial charge in [0.05, 0.1) is 0 Å². The number of hydrogen-bond acceptors (Lipinski definition) is 3. The first-order valence-electron chi connectivity index (χ1n) is 4.79. The van der Waals surface area contributed by atoms with Crippen LogP contribution in [0.1, 0.15) is 17.7 Å². The van der Waals surface area contributed by atoms with Crippen LogP contribution in [0.2, 0.25) is 0 Å². The second kappa shape index (κ2) is 4.31. The molecule has 0 radical (unpaired) electrons. The fraction of sp³-hybridized carbons (Fsp3) is 0.600. The van der Waals surface area contributed by atoms with E-state index in [2.05, 4.69) is 32.7 Å². The lowest BCUT2D eigenvalue weighted by Crippen LogP contribution is -2.25. The summed E-state index contributed by atoms with van der Waals surface area (Å²) in [5.74, 6) is 0. The summed E-state index contributed by atoms with van der Waals surface area (Å²) in [7, 11) is 0. The summed E-state index contributed by atoms with van der Waals surface area (Å²) in [6, 6.07) is 2.07. The standard InChI is InChI=1S/C10H14BrNOS/c11-8-1-4-14-9(8)5-12-6-10(7-13)2-3-10/h1,4,12-13H,2-3,5-7H2. The van der Waals surface area contributed by atoms with Gasteiger partial charge in [-0.3, -0.25) is 0 Å². The Balaban J connectivity index is 1.76. The van der Waals surface area contributed by atoms with Gasteiger partial charge in [0.25, 0.3) is 0 Å². The molecule has 2 rings (SSSR count). The van der Waals surface area contributed by atoms with Crippen molar-refractivity contribution in [1.82, 2.24) is 5.32 Å². The topological polar surface area (TPSA) is 32.3 Å². The number of aliphatic hydroxyl groups excluding tert-OH is 1. The van der Waals surface area contributed by atoms with Gasteiger partial charge in [0.2, 0.25) is 0 Å². The predicted octanol–water partition coefficient (Wildman–Crippen LogP) is 2.37. The van der Waals surface area contributed by atoms with Gasteiger partial charge in [-0.15, -0.1) is 11.3 Å². The summed E-state index contributed by atoms with van der Waals surface area (Å²) in [5.41, 5.74) is 0.212. The Labute approximate surface area is 96.5 Å². The molecular weight excluding hydrogens is 262 g/mol. The maximum Gasteiger partial charge on any atom is 0.0499 e. The first-order valence-corrected chi connectivity index (χ1v) is 6.46. The zero-order chi connectivity index (χ0) is 10.0. The monoisotopic (exact) mass is 275 g/mol. The van der Waals surface area contributed by atoms with Gasteiger partial charge >= 0.3 is 0 Å². The van der Waals surface area contributed by atoms with E-state index in [1.165, 1.54) is 22.2 Å². The maximum absolute atomic E-state index is 9.12. The zero-order valence-corrected chi connectivity index (χ0v) is 10.3. The van der Waals surface area contributed by atoms with Gasteiger partial charge in [-0.2, -0.15) is 0 Å². The fourth-order valence-corrected chi connectivity index (χ4v) is 2.92. The molecule has 78 valence electrons. The molecule has 0 unspecified atom stereocenters. The predicted molar refractivity (Wildman–Crippen MR) is 62.5 cm³/mol. The number of rotatable bonds is 5. The zero-order valence-electron chi connectivity index (χ0n) is 7.92. The van der Waals surface area contributed by atoms with E-state index in [1.807, 2.05) is 0 Å². The lowest BCUT2D eigenvalue weighted by Gasteiger charge is -2.11. The molecule has 0 aromatic carbocycles. The number of thiophene rings is 1. The van der Waals surface area contributed by atoms with Crippen molar-refractivity contribution in [2.75, 3.05) is 13.2 Å². The molecule has 1 aliphatic carbocycles. The molecule has 1 aliphatic rings. The van der Waals surface area contributed by atoms with Crippen LogP contribution in [0, 0.1) is 5.41 Å². The van der Waals surface area contributed by atoms with Crippen LogP contribution >= 0.6 is 27.3 Å². The van der Waals surface area contributed by atoms with Gasteiger partial charge in [0.1, 0.15) is 0 Å². The van der Waals surface area contributed by atoms with E-state index in [9.17, 15) is 0 Å². The lowest BCUT2D eigenvalue weighted by atomic mass is 10.1. The van der Waals surface area contributed by atoms with E-state index in [1.54, 1.807) is 11.3 Å². The third-order valence-electron chi connectivity index (χ3n) is 2.77. The Bertz CT molecular complexity index is 309. The average Bonchev–Trinajstić information content (AvgIpc) is 2.86. The van der Waals surface area contributed by atoms with Gasteiger partial charge < -0.3 is 10.4 Å². The van der Waals surface area contributed by atoms with Crippen LogP contribution in [0.25, 0.3) is 0 Å². The van der Waals surface area contributed by atoms with Crippen molar-refractivity contribution in [3.05, 3.63) is 20.8 Å². The van der Waals surface area contributed by atoms with Crippen molar-refractivity contribution in [3.63, 3.8) is 0 Å². The van der Waals surface area contributed by atoms with E-state index in [0.717, 1.165) is 13.1 Å². The smallest absolute Gasteiger partial charge is 0.0499 e. The minimum atomic E-state index is 0.212. The van der Waals surface area contributed by atoms with Crippen LogP contribution < -0.4 is 5.32 Å².